The van der Waals surface area contributed by atoms with Crippen molar-refractivity contribution in [3.63, 3.8) is 0 Å². The predicted molar refractivity (Wildman–Crippen MR) is 125 cm³/mol. The van der Waals surface area contributed by atoms with E-state index in [2.05, 4.69) is 10.2 Å². The summed E-state index contributed by atoms with van der Waals surface area (Å²) in [6.45, 7) is 4.94. The van der Waals surface area contributed by atoms with E-state index in [-0.39, 0.29) is 24.5 Å². The van der Waals surface area contributed by atoms with Crippen LogP contribution >= 0.6 is 0 Å². The molecule has 3 heterocycles. The number of nitrogens with zero attached hydrogens (tertiary/aromatic N) is 3. The first-order valence-corrected chi connectivity index (χ1v) is 11.5. The SMILES string of the molecule is Cc1ccc(C(=O)NCCCN(C)C)c(C2CCN(C(=O)c3ccc4c(c3)OCO4)CC2)n1. The molecule has 176 valence electrons. The van der Waals surface area contributed by atoms with Crippen LogP contribution in [0.5, 0.6) is 11.5 Å². The molecule has 2 aliphatic rings. The van der Waals surface area contributed by atoms with Crippen molar-refractivity contribution in [1.82, 2.24) is 20.1 Å². The van der Waals surface area contributed by atoms with Crippen molar-refractivity contribution in [1.29, 1.82) is 0 Å². The fourth-order valence-electron chi connectivity index (χ4n) is 4.34. The zero-order chi connectivity index (χ0) is 23.4. The minimum Gasteiger partial charge on any atom is -0.454 e. The van der Waals surface area contributed by atoms with Crippen LogP contribution in [0, 0.1) is 6.92 Å². The average molecular weight is 453 g/mol. The number of pyridine rings is 1. The molecule has 0 aliphatic carbocycles. The fraction of sp³-hybridized carbons (Fsp3) is 0.480. The first-order valence-electron chi connectivity index (χ1n) is 11.5. The van der Waals surface area contributed by atoms with Crippen LogP contribution < -0.4 is 14.8 Å². The molecule has 8 heteroatoms. The number of benzene rings is 1. The van der Waals surface area contributed by atoms with Crippen LogP contribution in [0.15, 0.2) is 30.3 Å². The Morgan fingerprint density at radius 1 is 1.12 bits per heavy atom. The van der Waals surface area contributed by atoms with Gasteiger partial charge in [-0.05, 0) is 77.2 Å². The molecule has 1 saturated heterocycles. The molecule has 0 bridgehead atoms. The number of likely N-dealkylation sites (tertiary alicyclic amines) is 1. The largest absolute Gasteiger partial charge is 0.454 e. The van der Waals surface area contributed by atoms with Crippen LogP contribution in [0.1, 0.15) is 57.3 Å². The van der Waals surface area contributed by atoms with E-state index in [4.69, 9.17) is 14.5 Å². The first-order chi connectivity index (χ1) is 15.9. The Hall–Kier alpha value is -3.13. The van der Waals surface area contributed by atoms with E-state index < -0.39 is 0 Å². The van der Waals surface area contributed by atoms with Crippen LogP contribution in [0.25, 0.3) is 0 Å². The molecule has 1 aromatic heterocycles. The minimum absolute atomic E-state index is 0.0113. The molecule has 2 aliphatic heterocycles. The number of aromatic nitrogens is 1. The fourth-order valence-corrected chi connectivity index (χ4v) is 4.34. The quantitative estimate of drug-likeness (QED) is 0.651. The van der Waals surface area contributed by atoms with Crippen LogP contribution in [0.2, 0.25) is 0 Å². The highest BCUT2D eigenvalue weighted by Gasteiger charge is 2.29. The summed E-state index contributed by atoms with van der Waals surface area (Å²) < 4.78 is 10.7. The van der Waals surface area contributed by atoms with Gasteiger partial charge in [-0.1, -0.05) is 0 Å². The lowest BCUT2D eigenvalue weighted by Crippen LogP contribution is -2.38. The summed E-state index contributed by atoms with van der Waals surface area (Å²) in [4.78, 5) is 34.6. The van der Waals surface area contributed by atoms with E-state index in [0.29, 0.717) is 42.3 Å². The third-order valence-corrected chi connectivity index (χ3v) is 6.16. The van der Waals surface area contributed by atoms with Gasteiger partial charge in [0.1, 0.15) is 0 Å². The summed E-state index contributed by atoms with van der Waals surface area (Å²) in [5, 5.41) is 3.03. The van der Waals surface area contributed by atoms with E-state index in [9.17, 15) is 9.59 Å². The third-order valence-electron chi connectivity index (χ3n) is 6.16. The monoisotopic (exact) mass is 452 g/mol. The Labute approximate surface area is 194 Å². The molecule has 0 atom stereocenters. The van der Waals surface area contributed by atoms with Gasteiger partial charge in [-0.15, -0.1) is 0 Å². The first kappa shape index (κ1) is 23.0. The van der Waals surface area contributed by atoms with Crippen molar-refractivity contribution in [2.45, 2.75) is 32.1 Å². The van der Waals surface area contributed by atoms with Crippen molar-refractivity contribution < 1.29 is 19.1 Å². The standard InChI is InChI=1S/C25H32N4O4/c1-17-5-7-20(24(30)26-11-4-12-28(2)3)23(27-17)18-9-13-29(14-10-18)25(31)19-6-8-21-22(15-19)33-16-32-21/h5-8,15,18H,4,9-14,16H2,1-3H3,(H,26,30). The molecular weight excluding hydrogens is 420 g/mol. The molecule has 1 N–H and O–H groups in total. The molecule has 0 radical (unpaired) electrons. The maximum absolute atomic E-state index is 13.0. The van der Waals surface area contributed by atoms with Gasteiger partial charge in [0.05, 0.1) is 11.3 Å². The van der Waals surface area contributed by atoms with E-state index in [1.54, 1.807) is 18.2 Å². The van der Waals surface area contributed by atoms with Crippen molar-refractivity contribution in [2.24, 2.45) is 0 Å². The van der Waals surface area contributed by atoms with Gasteiger partial charge in [0.25, 0.3) is 11.8 Å². The second kappa shape index (κ2) is 10.2. The van der Waals surface area contributed by atoms with E-state index >= 15 is 0 Å². The van der Waals surface area contributed by atoms with E-state index in [1.807, 2.05) is 38.1 Å². The summed E-state index contributed by atoms with van der Waals surface area (Å²) in [6, 6.07) is 9.07. The Balaban J connectivity index is 1.39. The van der Waals surface area contributed by atoms with Crippen LogP contribution in [-0.2, 0) is 0 Å². The van der Waals surface area contributed by atoms with Crippen LogP contribution in [-0.4, -0.2) is 73.7 Å². The highest BCUT2D eigenvalue weighted by molar-refractivity contribution is 5.96. The Morgan fingerprint density at radius 2 is 1.88 bits per heavy atom. The lowest BCUT2D eigenvalue weighted by Gasteiger charge is -2.32. The number of fused-ring (bicyclic) bond motifs is 1. The van der Waals surface area contributed by atoms with E-state index in [0.717, 1.165) is 37.2 Å². The van der Waals surface area contributed by atoms with Crippen molar-refractivity contribution >= 4 is 11.8 Å². The second-order valence-corrected chi connectivity index (χ2v) is 8.93. The maximum Gasteiger partial charge on any atom is 0.253 e. The highest BCUT2D eigenvalue weighted by atomic mass is 16.7. The average Bonchev–Trinajstić information content (AvgIpc) is 3.29. The molecule has 0 saturated carbocycles. The van der Waals surface area contributed by atoms with Crippen molar-refractivity contribution in [2.75, 3.05) is 47.1 Å². The summed E-state index contributed by atoms with van der Waals surface area (Å²) in [6.07, 6.45) is 2.44. The van der Waals surface area contributed by atoms with Gasteiger partial charge in [0, 0.05) is 36.8 Å². The summed E-state index contributed by atoms with van der Waals surface area (Å²) in [7, 11) is 4.04. The maximum atomic E-state index is 13.0. The zero-order valence-corrected chi connectivity index (χ0v) is 19.6. The Bertz CT molecular complexity index is 1020. The molecule has 1 aromatic carbocycles. The lowest BCUT2D eigenvalue weighted by atomic mass is 9.89. The van der Waals surface area contributed by atoms with E-state index in [1.165, 1.54) is 0 Å². The van der Waals surface area contributed by atoms with Gasteiger partial charge in [-0.2, -0.15) is 0 Å². The molecule has 0 unspecified atom stereocenters. The van der Waals surface area contributed by atoms with Gasteiger partial charge >= 0.3 is 0 Å². The van der Waals surface area contributed by atoms with Gasteiger partial charge in [0.2, 0.25) is 6.79 Å². The number of carbonyl (C=O) groups is 2. The number of rotatable bonds is 7. The smallest absolute Gasteiger partial charge is 0.253 e. The number of ether oxygens (including phenoxy) is 2. The topological polar surface area (TPSA) is 84.0 Å². The number of nitrogens with one attached hydrogen (secondary N) is 1. The molecule has 0 spiro atoms. The highest BCUT2D eigenvalue weighted by Crippen LogP contribution is 2.34. The Kier molecular flexibility index (Phi) is 7.13. The van der Waals surface area contributed by atoms with Gasteiger partial charge in [-0.25, -0.2) is 0 Å². The number of aryl methyl sites for hydroxylation is 1. The molecule has 1 fully saturated rings. The molecular formula is C25H32N4O4. The van der Waals surface area contributed by atoms with Crippen LogP contribution in [0.4, 0.5) is 0 Å². The summed E-state index contributed by atoms with van der Waals surface area (Å²) in [5.74, 6) is 1.34. The third kappa shape index (κ3) is 5.45. The predicted octanol–water partition coefficient (Wildman–Crippen LogP) is 2.82. The number of hydrogen-bond donors (Lipinski definition) is 1. The summed E-state index contributed by atoms with van der Waals surface area (Å²) in [5.41, 5.74) is 2.98. The molecule has 33 heavy (non-hydrogen) atoms. The van der Waals surface area contributed by atoms with Gasteiger partial charge in [-0.3, -0.25) is 14.6 Å². The van der Waals surface area contributed by atoms with Gasteiger partial charge < -0.3 is 24.6 Å². The number of carbonyl (C=O) groups excluding carboxylic acids is 2. The lowest BCUT2D eigenvalue weighted by molar-refractivity contribution is 0.0710. The normalized spacial score (nSPS) is 15.7. The molecule has 4 rings (SSSR count). The molecule has 2 aromatic rings. The van der Waals surface area contributed by atoms with Gasteiger partial charge in [0.15, 0.2) is 11.5 Å². The number of hydrogen-bond acceptors (Lipinski definition) is 6. The second-order valence-electron chi connectivity index (χ2n) is 8.93. The minimum atomic E-state index is -0.0740. The van der Waals surface area contributed by atoms with Crippen LogP contribution in [0.3, 0.4) is 0 Å². The van der Waals surface area contributed by atoms with Crippen molar-refractivity contribution in [3.8, 4) is 11.5 Å². The number of amides is 2. The zero-order valence-electron chi connectivity index (χ0n) is 19.6. The molecule has 8 nitrogen and oxygen atoms in total. The van der Waals surface area contributed by atoms with Crippen molar-refractivity contribution in [3.05, 3.63) is 52.8 Å². The Morgan fingerprint density at radius 3 is 2.64 bits per heavy atom. The molecule has 2 amide bonds. The number of piperidine rings is 1. The summed E-state index contributed by atoms with van der Waals surface area (Å²) >= 11 is 0.